The molecule has 0 amide bonds. The fourth-order valence-corrected chi connectivity index (χ4v) is 6.22. The van der Waals surface area contributed by atoms with Crippen LogP contribution in [0.25, 0.3) is 12.2 Å². The maximum Gasteiger partial charge on any atom is 0.271 e. The zero-order valence-corrected chi connectivity index (χ0v) is 21.7. The Balaban J connectivity index is 1.58. The fourth-order valence-electron chi connectivity index (χ4n) is 4.96. The summed E-state index contributed by atoms with van der Waals surface area (Å²) in [6.45, 7) is 0. The van der Waals surface area contributed by atoms with Crippen molar-refractivity contribution in [3.63, 3.8) is 0 Å². The van der Waals surface area contributed by atoms with E-state index in [1.807, 2.05) is 89.5 Å². The molecule has 0 radical (unpaired) electrons. The highest BCUT2D eigenvalue weighted by molar-refractivity contribution is 7.07. The second-order valence-corrected chi connectivity index (χ2v) is 10.9. The van der Waals surface area contributed by atoms with Gasteiger partial charge in [0.25, 0.3) is 5.56 Å². The lowest BCUT2D eigenvalue weighted by molar-refractivity contribution is 0.553. The van der Waals surface area contributed by atoms with E-state index in [-0.39, 0.29) is 11.6 Å². The van der Waals surface area contributed by atoms with Crippen molar-refractivity contribution in [2.75, 3.05) is 0 Å². The van der Waals surface area contributed by atoms with E-state index in [4.69, 9.17) is 28.2 Å². The van der Waals surface area contributed by atoms with Crippen LogP contribution in [0.15, 0.2) is 105 Å². The largest absolute Gasteiger partial charge is 0.272 e. The summed E-state index contributed by atoms with van der Waals surface area (Å²) >= 11 is 13.8. The Morgan fingerprint density at radius 1 is 0.833 bits per heavy atom. The van der Waals surface area contributed by atoms with Crippen molar-refractivity contribution in [1.29, 1.82) is 0 Å². The lowest BCUT2D eigenvalue weighted by Gasteiger charge is -2.31. The summed E-state index contributed by atoms with van der Waals surface area (Å²) in [6, 6.07) is 25.4. The predicted octanol–water partition coefficient (Wildman–Crippen LogP) is 6.79. The molecule has 2 heterocycles. The van der Waals surface area contributed by atoms with E-state index in [2.05, 4.69) is 6.08 Å². The standard InChI is InChI=1S/C30H22Cl2N2OS/c31-23-13-9-20(10-14-23)17-22-7-4-8-25-27(22)33-30-34(28(25)21-11-15-24(32)16-12-21)29(35)26(36-30)18-19-5-2-1-3-6-19/h1-3,5-6,9-18,28H,4,7-8H2/b22-17+,26-18+/t28-/m0/s1. The van der Waals surface area contributed by atoms with Crippen molar-refractivity contribution >= 4 is 46.7 Å². The normalized spacial score (nSPS) is 18.7. The Labute approximate surface area is 223 Å². The molecule has 6 heteroatoms. The van der Waals surface area contributed by atoms with Gasteiger partial charge in [-0.25, -0.2) is 4.99 Å². The first-order chi connectivity index (χ1) is 17.6. The van der Waals surface area contributed by atoms with Gasteiger partial charge in [-0.3, -0.25) is 9.36 Å². The van der Waals surface area contributed by atoms with Gasteiger partial charge in [-0.15, -0.1) is 0 Å². The Kier molecular flexibility index (Phi) is 6.26. The number of allylic oxidation sites excluding steroid dienone is 2. The Morgan fingerprint density at radius 3 is 2.22 bits per heavy atom. The van der Waals surface area contributed by atoms with Crippen LogP contribution >= 0.6 is 34.5 Å². The molecule has 4 aromatic rings. The molecule has 36 heavy (non-hydrogen) atoms. The Morgan fingerprint density at radius 2 is 1.50 bits per heavy atom. The van der Waals surface area contributed by atoms with Gasteiger partial charge in [0.05, 0.1) is 16.3 Å². The Hall–Kier alpha value is -3.18. The molecule has 0 saturated heterocycles. The first-order valence-corrected chi connectivity index (χ1v) is 13.5. The van der Waals surface area contributed by atoms with Crippen LogP contribution in [0.1, 0.15) is 42.0 Å². The second-order valence-electron chi connectivity index (χ2n) is 8.99. The van der Waals surface area contributed by atoms with Crippen molar-refractivity contribution in [1.82, 2.24) is 4.57 Å². The van der Waals surface area contributed by atoms with Crippen molar-refractivity contribution in [3.05, 3.63) is 142 Å². The van der Waals surface area contributed by atoms with Crippen LogP contribution < -0.4 is 14.9 Å². The number of rotatable bonds is 3. The first kappa shape index (κ1) is 23.2. The average Bonchev–Trinajstić information content (AvgIpc) is 3.20. The number of halogens is 2. The smallest absolute Gasteiger partial charge is 0.271 e. The summed E-state index contributed by atoms with van der Waals surface area (Å²) in [7, 11) is 0. The molecule has 2 aliphatic rings. The molecule has 0 N–H and O–H groups in total. The van der Waals surface area contributed by atoms with E-state index in [0.717, 1.165) is 51.5 Å². The summed E-state index contributed by atoms with van der Waals surface area (Å²) in [4.78, 5) is 19.6. The van der Waals surface area contributed by atoms with E-state index in [0.29, 0.717) is 9.55 Å². The minimum Gasteiger partial charge on any atom is -0.272 e. The van der Waals surface area contributed by atoms with Gasteiger partial charge in [-0.1, -0.05) is 89.1 Å². The first-order valence-electron chi connectivity index (χ1n) is 11.9. The summed E-state index contributed by atoms with van der Waals surface area (Å²) in [5.41, 5.74) is 6.50. The lowest BCUT2D eigenvalue weighted by atomic mass is 9.84. The molecule has 6 rings (SSSR count). The molecule has 1 atom stereocenters. The van der Waals surface area contributed by atoms with Gasteiger partial charge >= 0.3 is 0 Å². The molecule has 0 spiro atoms. The summed E-state index contributed by atoms with van der Waals surface area (Å²) < 4.78 is 2.55. The number of benzene rings is 3. The van der Waals surface area contributed by atoms with Crippen LogP contribution in [-0.4, -0.2) is 4.57 Å². The molecule has 1 aliphatic heterocycles. The Bertz CT molecular complexity index is 1680. The average molecular weight is 529 g/mol. The monoisotopic (exact) mass is 528 g/mol. The molecule has 178 valence electrons. The molecule has 0 fully saturated rings. The van der Waals surface area contributed by atoms with Crippen molar-refractivity contribution in [2.24, 2.45) is 4.99 Å². The van der Waals surface area contributed by atoms with E-state index in [1.54, 1.807) is 0 Å². The van der Waals surface area contributed by atoms with Gasteiger partial charge in [-0.05, 0) is 83.5 Å². The highest BCUT2D eigenvalue weighted by Crippen LogP contribution is 2.41. The minimum absolute atomic E-state index is 0.0112. The number of aromatic nitrogens is 1. The number of nitrogens with zero attached hydrogens (tertiary/aromatic N) is 2. The van der Waals surface area contributed by atoms with E-state index in [9.17, 15) is 4.79 Å². The molecule has 0 unspecified atom stereocenters. The van der Waals surface area contributed by atoms with E-state index in [1.165, 1.54) is 22.5 Å². The molecule has 0 saturated carbocycles. The van der Waals surface area contributed by atoms with Crippen LogP contribution in [-0.2, 0) is 0 Å². The fraction of sp³-hybridized carbons (Fsp3) is 0.133. The summed E-state index contributed by atoms with van der Waals surface area (Å²) in [6.07, 6.45) is 7.00. The highest BCUT2D eigenvalue weighted by Gasteiger charge is 2.32. The second kappa shape index (κ2) is 9.70. The molecule has 1 aliphatic carbocycles. The number of fused-ring (bicyclic) bond motifs is 1. The van der Waals surface area contributed by atoms with Gasteiger partial charge in [0.15, 0.2) is 4.80 Å². The van der Waals surface area contributed by atoms with Crippen LogP contribution in [0.5, 0.6) is 0 Å². The molecule has 1 aromatic heterocycles. The predicted molar refractivity (Wildman–Crippen MR) is 149 cm³/mol. The van der Waals surface area contributed by atoms with Gasteiger partial charge in [0.1, 0.15) is 0 Å². The third kappa shape index (κ3) is 4.41. The third-order valence-corrected chi connectivity index (χ3v) is 8.11. The molecular weight excluding hydrogens is 507 g/mol. The van der Waals surface area contributed by atoms with Crippen molar-refractivity contribution < 1.29 is 0 Å². The van der Waals surface area contributed by atoms with Crippen LogP contribution in [0.2, 0.25) is 10.0 Å². The summed E-state index contributed by atoms with van der Waals surface area (Å²) in [5.74, 6) is 0. The quantitative estimate of drug-likeness (QED) is 0.288. The van der Waals surface area contributed by atoms with Crippen LogP contribution in [0, 0.1) is 0 Å². The molecular formula is C30H22Cl2N2OS. The number of thiazole rings is 1. The topological polar surface area (TPSA) is 34.4 Å². The number of hydrogen-bond donors (Lipinski definition) is 0. The molecule has 0 bridgehead atoms. The van der Waals surface area contributed by atoms with Crippen molar-refractivity contribution in [3.8, 4) is 0 Å². The van der Waals surface area contributed by atoms with E-state index < -0.39 is 0 Å². The maximum atomic E-state index is 13.8. The van der Waals surface area contributed by atoms with Crippen LogP contribution in [0.3, 0.4) is 0 Å². The lowest BCUT2D eigenvalue weighted by Crippen LogP contribution is -2.39. The number of hydrogen-bond acceptors (Lipinski definition) is 3. The third-order valence-electron chi connectivity index (χ3n) is 6.63. The maximum absolute atomic E-state index is 13.8. The van der Waals surface area contributed by atoms with Crippen molar-refractivity contribution in [2.45, 2.75) is 25.3 Å². The molecule has 3 nitrogen and oxygen atoms in total. The van der Waals surface area contributed by atoms with Gasteiger partial charge < -0.3 is 0 Å². The van der Waals surface area contributed by atoms with Gasteiger partial charge in [-0.2, -0.15) is 0 Å². The van der Waals surface area contributed by atoms with Gasteiger partial charge in [0.2, 0.25) is 0 Å². The zero-order valence-electron chi connectivity index (χ0n) is 19.3. The van der Waals surface area contributed by atoms with E-state index >= 15 is 0 Å². The SMILES string of the molecule is O=c1/c(=C\c2ccccc2)sc2n1[C@@H](c1ccc(Cl)cc1)C1=C(N=2)/C(=C/c2ccc(Cl)cc2)CCC1. The van der Waals surface area contributed by atoms with Crippen LogP contribution in [0.4, 0.5) is 0 Å². The van der Waals surface area contributed by atoms with Gasteiger partial charge in [0, 0.05) is 10.0 Å². The minimum atomic E-state index is -0.208. The zero-order chi connectivity index (χ0) is 24.6. The summed E-state index contributed by atoms with van der Waals surface area (Å²) in [5, 5.41) is 1.40. The molecule has 3 aromatic carbocycles. The highest BCUT2D eigenvalue weighted by atomic mass is 35.5.